The first-order chi connectivity index (χ1) is 9.20. The molecule has 0 saturated heterocycles. The molecule has 2 rings (SSSR count). The first-order valence-corrected chi connectivity index (χ1v) is 7.76. The lowest BCUT2D eigenvalue weighted by Crippen LogP contribution is -2.31. The lowest BCUT2D eigenvalue weighted by Gasteiger charge is -2.17. The molecule has 19 heavy (non-hydrogen) atoms. The molecular formula is C15H27N3O. The van der Waals surface area contributed by atoms with Gasteiger partial charge >= 0.3 is 0 Å². The Kier molecular flexibility index (Phi) is 5.37. The summed E-state index contributed by atoms with van der Waals surface area (Å²) in [7, 11) is 0. The average Bonchev–Trinajstić information content (AvgIpc) is 3.02. The van der Waals surface area contributed by atoms with Crippen LogP contribution in [0.5, 0.6) is 0 Å². The molecule has 1 aromatic heterocycles. The van der Waals surface area contributed by atoms with Gasteiger partial charge in [0.2, 0.25) is 5.89 Å². The van der Waals surface area contributed by atoms with Crippen molar-refractivity contribution >= 4 is 0 Å². The van der Waals surface area contributed by atoms with Gasteiger partial charge in [-0.15, -0.1) is 0 Å². The summed E-state index contributed by atoms with van der Waals surface area (Å²) in [5.74, 6) is 2.84. The Bertz CT molecular complexity index is 375. The van der Waals surface area contributed by atoms with Crippen LogP contribution >= 0.6 is 0 Å². The molecule has 1 fully saturated rings. The first kappa shape index (κ1) is 14.5. The second-order valence-electron chi connectivity index (χ2n) is 6.08. The highest BCUT2D eigenvalue weighted by Crippen LogP contribution is 2.33. The molecule has 2 atom stereocenters. The number of hydrogen-bond donors (Lipinski definition) is 1. The minimum absolute atomic E-state index is 0.423. The van der Waals surface area contributed by atoms with E-state index in [1.165, 1.54) is 25.7 Å². The Morgan fingerprint density at radius 3 is 2.95 bits per heavy atom. The van der Waals surface area contributed by atoms with Crippen molar-refractivity contribution in [3.63, 3.8) is 0 Å². The average molecular weight is 265 g/mol. The van der Waals surface area contributed by atoms with Crippen LogP contribution in [-0.4, -0.2) is 22.7 Å². The van der Waals surface area contributed by atoms with Crippen molar-refractivity contribution in [1.29, 1.82) is 0 Å². The number of nitrogens with zero attached hydrogens (tertiary/aromatic N) is 2. The zero-order valence-electron chi connectivity index (χ0n) is 12.5. The van der Waals surface area contributed by atoms with E-state index in [1.807, 2.05) is 0 Å². The Hall–Kier alpha value is -0.900. The van der Waals surface area contributed by atoms with E-state index in [-0.39, 0.29) is 0 Å². The molecular weight excluding hydrogens is 238 g/mol. The molecule has 0 spiro atoms. The summed E-state index contributed by atoms with van der Waals surface area (Å²) in [5.41, 5.74) is 0. The minimum Gasteiger partial charge on any atom is -0.339 e. The molecule has 0 radical (unpaired) electrons. The Morgan fingerprint density at radius 1 is 1.37 bits per heavy atom. The molecule has 1 saturated carbocycles. The first-order valence-electron chi connectivity index (χ1n) is 7.76. The molecule has 0 aliphatic heterocycles. The minimum atomic E-state index is 0.423. The van der Waals surface area contributed by atoms with Crippen LogP contribution in [0.3, 0.4) is 0 Å². The summed E-state index contributed by atoms with van der Waals surface area (Å²) in [5, 5.41) is 7.75. The number of rotatable bonds is 7. The van der Waals surface area contributed by atoms with Crippen LogP contribution in [0, 0.1) is 5.92 Å². The fourth-order valence-electron chi connectivity index (χ4n) is 2.77. The lowest BCUT2D eigenvalue weighted by molar-refractivity contribution is 0.327. The van der Waals surface area contributed by atoms with E-state index in [1.54, 1.807) is 0 Å². The van der Waals surface area contributed by atoms with Gasteiger partial charge < -0.3 is 9.84 Å². The van der Waals surface area contributed by atoms with Crippen molar-refractivity contribution in [2.45, 2.75) is 71.3 Å². The zero-order valence-corrected chi connectivity index (χ0v) is 12.5. The summed E-state index contributed by atoms with van der Waals surface area (Å²) in [6, 6.07) is 0.526. The summed E-state index contributed by atoms with van der Waals surface area (Å²) >= 11 is 0. The van der Waals surface area contributed by atoms with E-state index in [4.69, 9.17) is 4.52 Å². The van der Waals surface area contributed by atoms with Crippen LogP contribution in [0.25, 0.3) is 0 Å². The van der Waals surface area contributed by atoms with E-state index in [0.29, 0.717) is 17.9 Å². The molecule has 1 aliphatic carbocycles. The van der Waals surface area contributed by atoms with Gasteiger partial charge in [-0.2, -0.15) is 4.98 Å². The van der Waals surface area contributed by atoms with Crippen LogP contribution in [-0.2, 0) is 6.42 Å². The molecule has 0 aromatic carbocycles. The maximum atomic E-state index is 5.49. The quantitative estimate of drug-likeness (QED) is 0.822. The second kappa shape index (κ2) is 7.04. The largest absolute Gasteiger partial charge is 0.339 e. The SMILES string of the molecule is CCCNC1CCCC1c1nc(CCC(C)C)no1. The lowest BCUT2D eigenvalue weighted by atomic mass is 10.0. The van der Waals surface area contributed by atoms with Crippen molar-refractivity contribution in [2.75, 3.05) is 6.54 Å². The van der Waals surface area contributed by atoms with Crippen LogP contribution in [0.1, 0.15) is 70.5 Å². The van der Waals surface area contributed by atoms with E-state index in [9.17, 15) is 0 Å². The Morgan fingerprint density at radius 2 is 2.21 bits per heavy atom. The predicted molar refractivity (Wildman–Crippen MR) is 76.1 cm³/mol. The van der Waals surface area contributed by atoms with Crippen molar-refractivity contribution in [3.05, 3.63) is 11.7 Å². The fraction of sp³-hybridized carbons (Fsp3) is 0.867. The monoisotopic (exact) mass is 265 g/mol. The van der Waals surface area contributed by atoms with E-state index >= 15 is 0 Å². The molecule has 108 valence electrons. The fourth-order valence-corrected chi connectivity index (χ4v) is 2.77. The third kappa shape index (κ3) is 4.03. The molecule has 0 amide bonds. The highest BCUT2D eigenvalue weighted by Gasteiger charge is 2.32. The second-order valence-corrected chi connectivity index (χ2v) is 6.08. The van der Waals surface area contributed by atoms with Gasteiger partial charge in [0.05, 0.1) is 5.92 Å². The van der Waals surface area contributed by atoms with Gasteiger partial charge in [0.25, 0.3) is 0 Å². The molecule has 0 bridgehead atoms. The topological polar surface area (TPSA) is 51.0 Å². The maximum Gasteiger partial charge on any atom is 0.231 e. The smallest absolute Gasteiger partial charge is 0.231 e. The summed E-state index contributed by atoms with van der Waals surface area (Å²) in [6.07, 6.45) is 6.89. The van der Waals surface area contributed by atoms with Crippen molar-refractivity contribution in [1.82, 2.24) is 15.5 Å². The summed E-state index contributed by atoms with van der Waals surface area (Å²) in [6.45, 7) is 7.73. The van der Waals surface area contributed by atoms with Gasteiger partial charge in [0, 0.05) is 12.5 Å². The van der Waals surface area contributed by atoms with Gasteiger partial charge in [0.1, 0.15) is 0 Å². The van der Waals surface area contributed by atoms with Crippen LogP contribution in [0.15, 0.2) is 4.52 Å². The molecule has 1 aromatic rings. The molecule has 1 aliphatic rings. The number of hydrogen-bond acceptors (Lipinski definition) is 4. The highest BCUT2D eigenvalue weighted by atomic mass is 16.5. The van der Waals surface area contributed by atoms with Crippen LogP contribution in [0.4, 0.5) is 0 Å². The number of aryl methyl sites for hydroxylation is 1. The van der Waals surface area contributed by atoms with Crippen LogP contribution < -0.4 is 5.32 Å². The van der Waals surface area contributed by atoms with E-state index < -0.39 is 0 Å². The normalized spacial score (nSPS) is 23.4. The maximum absolute atomic E-state index is 5.49. The number of aromatic nitrogens is 2. The van der Waals surface area contributed by atoms with Gasteiger partial charge in [0.15, 0.2) is 5.82 Å². The summed E-state index contributed by atoms with van der Waals surface area (Å²) < 4.78 is 5.49. The van der Waals surface area contributed by atoms with Crippen molar-refractivity contribution < 1.29 is 4.52 Å². The molecule has 4 nitrogen and oxygen atoms in total. The van der Waals surface area contributed by atoms with Crippen LogP contribution in [0.2, 0.25) is 0 Å². The predicted octanol–water partition coefficient (Wildman–Crippen LogP) is 3.29. The van der Waals surface area contributed by atoms with Crippen molar-refractivity contribution in [2.24, 2.45) is 5.92 Å². The van der Waals surface area contributed by atoms with Gasteiger partial charge in [-0.3, -0.25) is 0 Å². The summed E-state index contributed by atoms with van der Waals surface area (Å²) in [4.78, 5) is 4.60. The third-order valence-electron chi connectivity index (χ3n) is 3.92. The molecule has 1 N–H and O–H groups in total. The molecule has 4 heteroatoms. The highest BCUT2D eigenvalue weighted by molar-refractivity contribution is 5.03. The Balaban J connectivity index is 1.93. The molecule has 1 heterocycles. The third-order valence-corrected chi connectivity index (χ3v) is 3.92. The van der Waals surface area contributed by atoms with E-state index in [2.05, 4.69) is 36.2 Å². The van der Waals surface area contributed by atoms with Crippen molar-refractivity contribution in [3.8, 4) is 0 Å². The Labute approximate surface area is 116 Å². The van der Waals surface area contributed by atoms with E-state index in [0.717, 1.165) is 31.1 Å². The van der Waals surface area contributed by atoms with Gasteiger partial charge in [-0.25, -0.2) is 0 Å². The number of nitrogens with one attached hydrogen (secondary N) is 1. The van der Waals surface area contributed by atoms with Gasteiger partial charge in [-0.1, -0.05) is 32.3 Å². The molecule has 2 unspecified atom stereocenters. The van der Waals surface area contributed by atoms with Gasteiger partial charge in [-0.05, 0) is 38.1 Å². The standard InChI is InChI=1S/C15H27N3O/c1-4-10-16-13-7-5-6-12(13)15-17-14(18-19-15)9-8-11(2)3/h11-13,16H,4-10H2,1-3H3. The zero-order chi connectivity index (χ0) is 13.7.